The molecule has 2 rings (SSSR count). The minimum Gasteiger partial charge on any atom is -0.493 e. The van der Waals surface area contributed by atoms with Gasteiger partial charge in [0.15, 0.2) is 11.5 Å². The van der Waals surface area contributed by atoms with Gasteiger partial charge in [0.05, 0.1) is 39.6 Å². The lowest BCUT2D eigenvalue weighted by molar-refractivity contribution is -0.138. The lowest BCUT2D eigenvalue weighted by Gasteiger charge is -2.23. The van der Waals surface area contributed by atoms with Gasteiger partial charge in [0.25, 0.3) is 0 Å². The van der Waals surface area contributed by atoms with E-state index in [1.54, 1.807) is 40.4 Å². The van der Waals surface area contributed by atoms with E-state index >= 15 is 0 Å². The maximum absolute atomic E-state index is 12.4. The first-order valence-corrected chi connectivity index (χ1v) is 9.88. The summed E-state index contributed by atoms with van der Waals surface area (Å²) in [5, 5.41) is 3.37. The van der Waals surface area contributed by atoms with Crippen molar-refractivity contribution in [1.82, 2.24) is 0 Å². The second kappa shape index (κ2) is 10.6. The zero-order chi connectivity index (χ0) is 22.3. The number of hydrogen-bond acceptors (Lipinski definition) is 6. The molecule has 0 heterocycles. The van der Waals surface area contributed by atoms with Crippen molar-refractivity contribution >= 4 is 11.7 Å². The first-order valence-electron chi connectivity index (χ1n) is 9.88. The lowest BCUT2D eigenvalue weighted by atomic mass is 9.95. The monoisotopic (exact) mass is 413 g/mol. The van der Waals surface area contributed by atoms with E-state index in [-0.39, 0.29) is 6.61 Å². The average molecular weight is 414 g/mol. The van der Waals surface area contributed by atoms with Crippen LogP contribution in [0, 0.1) is 0 Å². The summed E-state index contributed by atoms with van der Waals surface area (Å²) in [6.45, 7) is 10.3. The minimum atomic E-state index is -0.493. The van der Waals surface area contributed by atoms with Crippen LogP contribution in [0.15, 0.2) is 48.6 Å². The molecule has 30 heavy (non-hydrogen) atoms. The summed E-state index contributed by atoms with van der Waals surface area (Å²) in [6.07, 6.45) is 0. The number of hydrogen-bond donors (Lipinski definition) is 1. The van der Waals surface area contributed by atoms with Crippen molar-refractivity contribution in [2.45, 2.75) is 32.7 Å². The van der Waals surface area contributed by atoms with Gasteiger partial charge in [-0.15, -0.1) is 0 Å². The number of rotatable bonds is 10. The van der Waals surface area contributed by atoms with Crippen LogP contribution < -0.4 is 19.5 Å². The molecule has 0 aliphatic heterocycles. The Bertz CT molecular complexity index is 849. The molecule has 2 aromatic rings. The second-order valence-electron chi connectivity index (χ2n) is 7.06. The van der Waals surface area contributed by atoms with Gasteiger partial charge in [-0.25, -0.2) is 4.79 Å². The molecule has 0 fully saturated rings. The van der Waals surface area contributed by atoms with Crippen molar-refractivity contribution in [3.8, 4) is 17.2 Å². The van der Waals surface area contributed by atoms with Crippen LogP contribution in [-0.4, -0.2) is 33.9 Å². The van der Waals surface area contributed by atoms with Crippen LogP contribution in [0.3, 0.4) is 0 Å². The summed E-state index contributed by atoms with van der Waals surface area (Å²) in [7, 11) is 4.66. The van der Waals surface area contributed by atoms with Crippen molar-refractivity contribution in [3.63, 3.8) is 0 Å². The topological polar surface area (TPSA) is 66.0 Å². The summed E-state index contributed by atoms with van der Waals surface area (Å²) in [5.74, 6) is 1.47. The molecule has 0 amide bonds. The summed E-state index contributed by atoms with van der Waals surface area (Å²) in [6, 6.07) is 11.2. The van der Waals surface area contributed by atoms with E-state index in [0.29, 0.717) is 34.4 Å². The molecule has 0 saturated carbocycles. The number of benzene rings is 2. The molecular formula is C24H31NO5. The van der Waals surface area contributed by atoms with Gasteiger partial charge in [0, 0.05) is 17.8 Å². The van der Waals surface area contributed by atoms with Crippen LogP contribution in [-0.2, 0) is 9.53 Å². The van der Waals surface area contributed by atoms with Crippen molar-refractivity contribution in [2.75, 3.05) is 33.3 Å². The van der Waals surface area contributed by atoms with Gasteiger partial charge in [0.1, 0.15) is 0 Å². The highest BCUT2D eigenvalue weighted by molar-refractivity contribution is 5.90. The first-order chi connectivity index (χ1) is 14.4. The number of nitrogens with one attached hydrogen (secondary N) is 1. The third kappa shape index (κ3) is 5.26. The lowest BCUT2D eigenvalue weighted by Crippen LogP contribution is -2.20. The Morgan fingerprint density at radius 2 is 1.50 bits per heavy atom. The SMILES string of the molecule is C=C(C(=O)OCC)[C@@H](Nc1cc(OC)c(OC)c(OC)c1)c1ccc(C(C)C)cc1. The van der Waals surface area contributed by atoms with Crippen molar-refractivity contribution in [3.05, 3.63) is 59.7 Å². The summed E-state index contributed by atoms with van der Waals surface area (Å²) < 4.78 is 21.4. The standard InChI is InChI=1S/C24H31NO5/c1-8-30-24(26)16(4)22(18-11-9-17(10-12-18)15(2)3)25-19-13-20(27-5)23(29-7)21(14-19)28-6/h9-15,22,25H,4,8H2,1-3,5-7H3/t22-/m1/s1. The van der Waals surface area contributed by atoms with E-state index in [1.165, 1.54) is 5.56 Å². The Hall–Kier alpha value is -3.15. The normalized spacial score (nSPS) is 11.6. The van der Waals surface area contributed by atoms with Crippen molar-refractivity contribution in [2.24, 2.45) is 0 Å². The number of anilines is 1. The van der Waals surface area contributed by atoms with Gasteiger partial charge in [-0.05, 0) is 24.0 Å². The zero-order valence-corrected chi connectivity index (χ0v) is 18.6. The number of ether oxygens (including phenoxy) is 4. The quantitative estimate of drug-likeness (QED) is 0.431. The highest BCUT2D eigenvalue weighted by atomic mass is 16.5. The number of esters is 1. The van der Waals surface area contributed by atoms with Crippen molar-refractivity contribution < 1.29 is 23.7 Å². The Morgan fingerprint density at radius 1 is 0.967 bits per heavy atom. The number of carbonyl (C=O) groups is 1. The van der Waals surface area contributed by atoms with Gasteiger partial charge >= 0.3 is 5.97 Å². The maximum atomic E-state index is 12.4. The maximum Gasteiger partial charge on any atom is 0.335 e. The van der Waals surface area contributed by atoms with Gasteiger partial charge in [-0.2, -0.15) is 0 Å². The number of carbonyl (C=O) groups excluding carboxylic acids is 1. The molecule has 0 saturated heterocycles. The van der Waals surface area contributed by atoms with Gasteiger partial charge in [-0.1, -0.05) is 44.7 Å². The molecule has 162 valence electrons. The molecule has 0 aliphatic carbocycles. The molecule has 0 aliphatic rings. The minimum absolute atomic E-state index is 0.279. The molecule has 0 radical (unpaired) electrons. The molecule has 6 nitrogen and oxygen atoms in total. The fourth-order valence-electron chi connectivity index (χ4n) is 3.12. The Labute approximate surface area is 178 Å². The predicted molar refractivity (Wildman–Crippen MR) is 119 cm³/mol. The fourth-order valence-corrected chi connectivity index (χ4v) is 3.12. The fraction of sp³-hybridized carbons (Fsp3) is 0.375. The zero-order valence-electron chi connectivity index (χ0n) is 18.6. The highest BCUT2D eigenvalue weighted by Crippen LogP contribution is 2.41. The van der Waals surface area contributed by atoms with Crippen LogP contribution >= 0.6 is 0 Å². The van der Waals surface area contributed by atoms with Gasteiger partial charge in [0.2, 0.25) is 5.75 Å². The summed E-state index contributed by atoms with van der Waals surface area (Å²) in [4.78, 5) is 12.4. The van der Waals surface area contributed by atoms with E-state index in [0.717, 1.165) is 5.56 Å². The Balaban J connectivity index is 2.47. The molecular weight excluding hydrogens is 382 g/mol. The van der Waals surface area contributed by atoms with Crippen LogP contribution in [0.1, 0.15) is 43.9 Å². The molecule has 6 heteroatoms. The molecule has 2 aromatic carbocycles. The van der Waals surface area contributed by atoms with Crippen LogP contribution in [0.5, 0.6) is 17.2 Å². The van der Waals surface area contributed by atoms with Crippen LogP contribution in [0.2, 0.25) is 0 Å². The van der Waals surface area contributed by atoms with Crippen LogP contribution in [0.4, 0.5) is 5.69 Å². The summed E-state index contributed by atoms with van der Waals surface area (Å²) >= 11 is 0. The second-order valence-corrected chi connectivity index (χ2v) is 7.06. The molecule has 0 bridgehead atoms. The molecule has 0 unspecified atom stereocenters. The van der Waals surface area contributed by atoms with Gasteiger partial charge < -0.3 is 24.3 Å². The third-order valence-corrected chi connectivity index (χ3v) is 4.80. The molecule has 1 atom stereocenters. The summed E-state index contributed by atoms with van der Waals surface area (Å²) in [5.41, 5.74) is 3.11. The van der Waals surface area contributed by atoms with Crippen LogP contribution in [0.25, 0.3) is 0 Å². The highest BCUT2D eigenvalue weighted by Gasteiger charge is 2.24. The Kier molecular flexibility index (Phi) is 8.16. The largest absolute Gasteiger partial charge is 0.493 e. The third-order valence-electron chi connectivity index (χ3n) is 4.80. The Morgan fingerprint density at radius 3 is 1.93 bits per heavy atom. The van der Waals surface area contributed by atoms with Crippen molar-refractivity contribution in [1.29, 1.82) is 0 Å². The average Bonchev–Trinajstić information content (AvgIpc) is 2.76. The predicted octanol–water partition coefficient (Wildman–Crippen LogP) is 5.11. The first kappa shape index (κ1) is 23.1. The number of methoxy groups -OCH3 is 3. The van der Waals surface area contributed by atoms with E-state index in [4.69, 9.17) is 18.9 Å². The van der Waals surface area contributed by atoms with E-state index in [9.17, 15) is 4.79 Å². The van der Waals surface area contributed by atoms with Gasteiger partial charge in [-0.3, -0.25) is 0 Å². The smallest absolute Gasteiger partial charge is 0.335 e. The molecule has 1 N–H and O–H groups in total. The molecule has 0 spiro atoms. The van der Waals surface area contributed by atoms with E-state index in [1.807, 2.05) is 12.1 Å². The van der Waals surface area contributed by atoms with E-state index in [2.05, 4.69) is 37.9 Å². The van der Waals surface area contributed by atoms with E-state index < -0.39 is 12.0 Å². The molecule has 0 aromatic heterocycles.